The highest BCUT2D eigenvalue weighted by atomic mass is 32.2. The number of fused-ring (bicyclic) bond motifs is 3. The first kappa shape index (κ1) is 13.8. The van der Waals surface area contributed by atoms with Crippen LogP contribution in [0.25, 0.3) is 22.1 Å². The van der Waals surface area contributed by atoms with Gasteiger partial charge in [-0.2, -0.15) is 0 Å². The molecule has 1 aliphatic rings. The predicted molar refractivity (Wildman–Crippen MR) is 85.5 cm³/mol. The highest BCUT2D eigenvalue weighted by Crippen LogP contribution is 2.38. The molecule has 0 radical (unpaired) electrons. The minimum atomic E-state index is -2.91. The van der Waals surface area contributed by atoms with Crippen molar-refractivity contribution in [3.05, 3.63) is 24.8 Å². The normalized spacial score (nSPS) is 22.8. The van der Waals surface area contributed by atoms with Gasteiger partial charge in [-0.25, -0.2) is 18.4 Å². The maximum absolute atomic E-state index is 11.5. The third-order valence-corrected chi connectivity index (χ3v) is 5.64. The Labute approximate surface area is 128 Å². The molecule has 0 saturated heterocycles. The summed E-state index contributed by atoms with van der Waals surface area (Å²) in [5.41, 5.74) is 2.84. The van der Waals surface area contributed by atoms with E-state index >= 15 is 0 Å². The molecule has 1 N–H and O–H groups in total. The Morgan fingerprint density at radius 2 is 2.23 bits per heavy atom. The summed E-state index contributed by atoms with van der Waals surface area (Å²) in [6, 6.07) is 2.34. The molecule has 3 aromatic heterocycles. The zero-order valence-electron chi connectivity index (χ0n) is 12.4. The average molecular weight is 318 g/mol. The first-order valence-electron chi connectivity index (χ1n) is 7.47. The van der Waals surface area contributed by atoms with Crippen molar-refractivity contribution in [2.24, 2.45) is 5.92 Å². The molecule has 0 spiro atoms. The number of sulfone groups is 1. The Balaban J connectivity index is 1.71. The Bertz CT molecular complexity index is 941. The van der Waals surface area contributed by atoms with Crippen molar-refractivity contribution in [1.82, 2.24) is 19.5 Å². The molecular weight excluding hydrogens is 300 g/mol. The molecule has 4 rings (SSSR count). The topological polar surface area (TPSA) is 80.6 Å². The van der Waals surface area contributed by atoms with Gasteiger partial charge in [0.05, 0.1) is 23.8 Å². The van der Waals surface area contributed by atoms with Crippen molar-refractivity contribution < 1.29 is 8.42 Å². The van der Waals surface area contributed by atoms with Crippen LogP contribution in [0.3, 0.4) is 0 Å². The van der Waals surface area contributed by atoms with Crippen LogP contribution < -0.4 is 0 Å². The highest BCUT2D eigenvalue weighted by molar-refractivity contribution is 7.90. The third-order valence-electron chi connectivity index (χ3n) is 4.56. The van der Waals surface area contributed by atoms with E-state index in [0.29, 0.717) is 6.04 Å². The molecule has 2 atom stereocenters. The minimum Gasteiger partial charge on any atom is -0.346 e. The molecule has 0 aromatic carbocycles. The number of hydrogen-bond donors (Lipinski definition) is 1. The maximum Gasteiger partial charge on any atom is 0.147 e. The molecule has 6 nitrogen and oxygen atoms in total. The summed E-state index contributed by atoms with van der Waals surface area (Å²) in [5.74, 6) is 0.540. The van der Waals surface area contributed by atoms with E-state index in [-0.39, 0.29) is 11.7 Å². The van der Waals surface area contributed by atoms with Crippen LogP contribution in [0.2, 0.25) is 0 Å². The largest absolute Gasteiger partial charge is 0.346 e. The molecule has 7 heteroatoms. The van der Waals surface area contributed by atoms with E-state index in [1.54, 1.807) is 6.20 Å². The van der Waals surface area contributed by atoms with Crippen LogP contribution in [-0.4, -0.2) is 39.9 Å². The predicted octanol–water partition coefficient (Wildman–Crippen LogP) is 2.30. The first-order valence-corrected chi connectivity index (χ1v) is 9.53. The number of H-pyrrole nitrogens is 1. The summed E-state index contributed by atoms with van der Waals surface area (Å²) < 4.78 is 25.2. The van der Waals surface area contributed by atoms with Gasteiger partial charge < -0.3 is 9.55 Å². The lowest BCUT2D eigenvalue weighted by Crippen LogP contribution is -2.13. The van der Waals surface area contributed by atoms with E-state index in [2.05, 4.69) is 19.5 Å². The van der Waals surface area contributed by atoms with Crippen LogP contribution in [0.4, 0.5) is 0 Å². The Kier molecular flexibility index (Phi) is 3.00. The van der Waals surface area contributed by atoms with Crippen molar-refractivity contribution in [2.75, 3.05) is 12.0 Å². The number of pyridine rings is 1. The molecule has 3 aromatic rings. The number of imidazole rings is 1. The number of aromatic amines is 1. The molecule has 3 heterocycles. The molecule has 2 unspecified atom stereocenters. The smallest absolute Gasteiger partial charge is 0.147 e. The summed E-state index contributed by atoms with van der Waals surface area (Å²) in [4.78, 5) is 12.0. The molecule has 1 saturated carbocycles. The monoisotopic (exact) mass is 318 g/mol. The van der Waals surface area contributed by atoms with Crippen LogP contribution in [0, 0.1) is 5.92 Å². The molecule has 22 heavy (non-hydrogen) atoms. The lowest BCUT2D eigenvalue weighted by molar-refractivity contribution is 0.501. The molecule has 1 fully saturated rings. The Morgan fingerprint density at radius 1 is 1.36 bits per heavy atom. The molecule has 1 aliphatic carbocycles. The van der Waals surface area contributed by atoms with Gasteiger partial charge >= 0.3 is 0 Å². The summed E-state index contributed by atoms with van der Waals surface area (Å²) >= 11 is 0. The van der Waals surface area contributed by atoms with Crippen LogP contribution >= 0.6 is 0 Å². The molecule has 0 aliphatic heterocycles. The van der Waals surface area contributed by atoms with Crippen LogP contribution in [-0.2, 0) is 9.84 Å². The Morgan fingerprint density at radius 3 is 3.05 bits per heavy atom. The fourth-order valence-electron chi connectivity index (χ4n) is 3.69. The summed E-state index contributed by atoms with van der Waals surface area (Å²) in [7, 11) is -2.91. The number of hydrogen-bond acceptors (Lipinski definition) is 4. The van der Waals surface area contributed by atoms with Crippen molar-refractivity contribution in [3.63, 3.8) is 0 Å². The summed E-state index contributed by atoms with van der Waals surface area (Å²) in [6.07, 6.45) is 9.71. The van der Waals surface area contributed by atoms with Gasteiger partial charge in [-0.1, -0.05) is 0 Å². The fourth-order valence-corrected chi connectivity index (χ4v) is 4.85. The van der Waals surface area contributed by atoms with Crippen LogP contribution in [0.1, 0.15) is 25.3 Å². The maximum atomic E-state index is 11.5. The second kappa shape index (κ2) is 4.81. The standard InChI is InChI=1S/C15H18N4O2S/c1-22(20,21)8-10-2-3-11(6-10)19-9-18-13-7-17-15-12(14(13)19)4-5-16-15/h4-5,7,9-11H,2-3,6,8H2,1H3,(H,16,17). The van der Waals surface area contributed by atoms with Crippen molar-refractivity contribution in [2.45, 2.75) is 25.3 Å². The molecular formula is C15H18N4O2S. The lowest BCUT2D eigenvalue weighted by Gasteiger charge is -2.14. The van der Waals surface area contributed by atoms with Gasteiger partial charge in [-0.05, 0) is 31.2 Å². The lowest BCUT2D eigenvalue weighted by atomic mass is 10.1. The van der Waals surface area contributed by atoms with E-state index in [9.17, 15) is 8.42 Å². The molecule has 116 valence electrons. The average Bonchev–Trinajstić information content (AvgIpc) is 3.13. The summed E-state index contributed by atoms with van der Waals surface area (Å²) in [5, 5.41) is 1.07. The molecule has 0 amide bonds. The van der Waals surface area contributed by atoms with Gasteiger partial charge in [0.2, 0.25) is 0 Å². The Hall–Kier alpha value is -1.89. The van der Waals surface area contributed by atoms with Crippen molar-refractivity contribution in [3.8, 4) is 0 Å². The van der Waals surface area contributed by atoms with Crippen molar-refractivity contribution >= 4 is 31.9 Å². The van der Waals surface area contributed by atoms with Gasteiger partial charge in [0.1, 0.15) is 21.0 Å². The van der Waals surface area contributed by atoms with E-state index in [1.807, 2.05) is 18.6 Å². The second-order valence-corrected chi connectivity index (χ2v) is 8.49. The van der Waals surface area contributed by atoms with Gasteiger partial charge in [-0.15, -0.1) is 0 Å². The van der Waals surface area contributed by atoms with Crippen LogP contribution in [0.15, 0.2) is 24.8 Å². The van der Waals surface area contributed by atoms with E-state index in [4.69, 9.17) is 0 Å². The van der Waals surface area contributed by atoms with E-state index in [1.165, 1.54) is 6.26 Å². The number of rotatable bonds is 3. The fraction of sp³-hybridized carbons (Fsp3) is 0.467. The minimum absolute atomic E-state index is 0.251. The zero-order chi connectivity index (χ0) is 15.3. The van der Waals surface area contributed by atoms with Gasteiger partial charge in [0.15, 0.2) is 0 Å². The quantitative estimate of drug-likeness (QED) is 0.803. The van der Waals surface area contributed by atoms with Gasteiger partial charge in [0.25, 0.3) is 0 Å². The van der Waals surface area contributed by atoms with Crippen LogP contribution in [0.5, 0.6) is 0 Å². The zero-order valence-corrected chi connectivity index (χ0v) is 13.2. The SMILES string of the molecule is CS(=O)(=O)CC1CCC(n2cnc3cnc4[nH]ccc4c32)C1. The second-order valence-electron chi connectivity index (χ2n) is 6.31. The number of aromatic nitrogens is 4. The number of nitrogens with zero attached hydrogens (tertiary/aromatic N) is 3. The van der Waals surface area contributed by atoms with E-state index in [0.717, 1.165) is 41.3 Å². The van der Waals surface area contributed by atoms with E-state index < -0.39 is 9.84 Å². The van der Waals surface area contributed by atoms with Crippen molar-refractivity contribution in [1.29, 1.82) is 0 Å². The summed E-state index contributed by atoms with van der Waals surface area (Å²) in [6.45, 7) is 0. The number of nitrogens with one attached hydrogen (secondary N) is 1. The molecule has 0 bridgehead atoms. The first-order chi connectivity index (χ1) is 10.5. The van der Waals surface area contributed by atoms with Gasteiger partial charge in [-0.3, -0.25) is 0 Å². The van der Waals surface area contributed by atoms with Gasteiger partial charge in [0, 0.05) is 23.9 Å². The highest BCUT2D eigenvalue weighted by Gasteiger charge is 2.29. The third kappa shape index (κ3) is 2.29.